The van der Waals surface area contributed by atoms with Crippen molar-refractivity contribution in [3.05, 3.63) is 108 Å². The third kappa shape index (κ3) is 4.06. The van der Waals surface area contributed by atoms with E-state index < -0.39 is 0 Å². The Morgan fingerprint density at radius 3 is 2.66 bits per heavy atom. The number of fused-ring (bicyclic) bond motifs is 2. The van der Waals surface area contributed by atoms with Gasteiger partial charge in [0.1, 0.15) is 5.56 Å². The van der Waals surface area contributed by atoms with Crippen LogP contribution in [0.2, 0.25) is 0 Å². The predicted molar refractivity (Wildman–Crippen MR) is 148 cm³/mol. The zero-order chi connectivity index (χ0) is 26.2. The van der Waals surface area contributed by atoms with Gasteiger partial charge in [0.05, 0.1) is 23.3 Å². The summed E-state index contributed by atoms with van der Waals surface area (Å²) in [5.74, 6) is 6.46. The van der Waals surface area contributed by atoms with Gasteiger partial charge in [0.2, 0.25) is 0 Å². The number of rotatable bonds is 4. The summed E-state index contributed by atoms with van der Waals surface area (Å²) in [6.45, 7) is 1.96. The number of nitrogens with one attached hydrogen (secondary N) is 2. The first-order valence-electron chi connectivity index (χ1n) is 12.2. The molecule has 8 nitrogen and oxygen atoms in total. The van der Waals surface area contributed by atoms with Crippen LogP contribution in [0, 0.1) is 11.8 Å². The minimum atomic E-state index is -0.359. The lowest BCUT2D eigenvalue weighted by Gasteiger charge is -2.15. The number of anilines is 1. The largest absolute Gasteiger partial charge is 0.382 e. The fraction of sp³-hybridized carbons (Fsp3) is 0.100. The maximum atomic E-state index is 13.4. The predicted octanol–water partition coefficient (Wildman–Crippen LogP) is 4.69. The van der Waals surface area contributed by atoms with E-state index in [9.17, 15) is 4.79 Å². The molecule has 0 spiro atoms. The van der Waals surface area contributed by atoms with Crippen LogP contribution < -0.4 is 11.1 Å². The number of amides is 1. The molecule has 4 N–H and O–H groups in total. The van der Waals surface area contributed by atoms with Crippen molar-refractivity contribution in [2.75, 3.05) is 5.73 Å². The molecule has 0 fully saturated rings. The number of H-pyrrole nitrogens is 1. The van der Waals surface area contributed by atoms with Gasteiger partial charge in [-0.1, -0.05) is 54.3 Å². The average molecular weight is 500 g/mol. The van der Waals surface area contributed by atoms with Gasteiger partial charge in [-0.2, -0.15) is 5.10 Å². The Labute approximate surface area is 219 Å². The molecule has 0 unspecified atom stereocenters. The van der Waals surface area contributed by atoms with Crippen molar-refractivity contribution in [3.8, 4) is 23.0 Å². The normalized spacial score (nSPS) is 11.8. The Morgan fingerprint density at radius 1 is 1.05 bits per heavy atom. The quantitative estimate of drug-likeness (QED) is 0.306. The Kier molecular flexibility index (Phi) is 5.66. The first-order valence-corrected chi connectivity index (χ1v) is 12.2. The van der Waals surface area contributed by atoms with Crippen LogP contribution in [0.5, 0.6) is 0 Å². The maximum absolute atomic E-state index is 13.4. The van der Waals surface area contributed by atoms with E-state index in [1.807, 2.05) is 74.8 Å². The number of aromatic nitrogens is 5. The monoisotopic (exact) mass is 499 g/mol. The number of benzene rings is 2. The lowest BCUT2D eigenvalue weighted by molar-refractivity contribution is 0.0942. The number of carbonyl (C=O) groups is 1. The number of aromatic amines is 1. The van der Waals surface area contributed by atoms with Crippen LogP contribution in [-0.2, 0) is 7.05 Å². The summed E-state index contributed by atoms with van der Waals surface area (Å²) in [6.07, 6.45) is 5.40. The van der Waals surface area contributed by atoms with Gasteiger partial charge in [0.25, 0.3) is 5.91 Å². The van der Waals surface area contributed by atoms with Crippen LogP contribution in [0.1, 0.15) is 40.1 Å². The number of carbonyl (C=O) groups excluding carboxylic acids is 1. The molecule has 6 rings (SSSR count). The van der Waals surface area contributed by atoms with Crippen molar-refractivity contribution in [1.29, 1.82) is 0 Å². The zero-order valence-electron chi connectivity index (χ0n) is 20.9. The van der Waals surface area contributed by atoms with Crippen molar-refractivity contribution in [2.45, 2.75) is 13.0 Å². The Morgan fingerprint density at radius 2 is 1.87 bits per heavy atom. The molecule has 1 atom stereocenters. The number of pyridine rings is 1. The molecular weight excluding hydrogens is 474 g/mol. The molecule has 0 aliphatic rings. The van der Waals surface area contributed by atoms with Crippen LogP contribution in [-0.4, -0.2) is 30.3 Å². The van der Waals surface area contributed by atoms with Crippen LogP contribution >= 0.6 is 0 Å². The van der Waals surface area contributed by atoms with E-state index >= 15 is 0 Å². The molecule has 0 bridgehead atoms. The molecule has 0 aliphatic carbocycles. The highest BCUT2D eigenvalue weighted by molar-refractivity contribution is 6.06. The Hall–Kier alpha value is -5.29. The van der Waals surface area contributed by atoms with Crippen molar-refractivity contribution in [2.24, 2.45) is 7.05 Å². The first kappa shape index (κ1) is 23.1. The first-order chi connectivity index (χ1) is 18.5. The van der Waals surface area contributed by atoms with Crippen molar-refractivity contribution < 1.29 is 4.79 Å². The summed E-state index contributed by atoms with van der Waals surface area (Å²) in [7, 11) is 1.87. The van der Waals surface area contributed by atoms with E-state index in [0.29, 0.717) is 11.1 Å². The Bertz CT molecular complexity index is 1860. The Balaban J connectivity index is 1.45. The highest BCUT2D eigenvalue weighted by atomic mass is 16.1. The maximum Gasteiger partial charge on any atom is 0.257 e. The highest BCUT2D eigenvalue weighted by Gasteiger charge is 2.24. The van der Waals surface area contributed by atoms with E-state index in [4.69, 9.17) is 5.73 Å². The van der Waals surface area contributed by atoms with Gasteiger partial charge in [-0.3, -0.25) is 9.48 Å². The van der Waals surface area contributed by atoms with Gasteiger partial charge >= 0.3 is 0 Å². The van der Waals surface area contributed by atoms with Crippen LogP contribution in [0.3, 0.4) is 0 Å². The molecule has 0 saturated carbocycles. The standard InChI is InChI=1S/C30H25N7O/c1-19(33-30(38)27-24-13-6-7-16-37(24)35-29(27)31)28-26(21-9-4-3-5-10-21)25-22(11-8-12-23(25)34-28)15-14-20-17-32-36(2)18-20/h3-13,16-19,34H,1-2H3,(H2,31,35)(H,33,38)/t19-/m0/s1. The number of nitrogens with two attached hydrogens (primary N) is 1. The van der Waals surface area contributed by atoms with E-state index in [2.05, 4.69) is 44.5 Å². The molecule has 0 aliphatic heterocycles. The molecule has 6 aromatic rings. The SMILES string of the molecule is C[C@H](NC(=O)c1c(N)nn2ccccc12)c1[nH]c2cccc(C#Cc3cnn(C)c3)c2c1-c1ccccc1. The molecule has 38 heavy (non-hydrogen) atoms. The summed E-state index contributed by atoms with van der Waals surface area (Å²) in [6, 6.07) is 21.3. The van der Waals surface area contributed by atoms with Crippen LogP contribution in [0.4, 0.5) is 5.82 Å². The summed E-state index contributed by atoms with van der Waals surface area (Å²) in [4.78, 5) is 17.0. The zero-order valence-corrected chi connectivity index (χ0v) is 20.9. The highest BCUT2D eigenvalue weighted by Crippen LogP contribution is 2.37. The molecule has 8 heteroatoms. The summed E-state index contributed by atoms with van der Waals surface area (Å²) >= 11 is 0. The minimum Gasteiger partial charge on any atom is -0.382 e. The van der Waals surface area contributed by atoms with Gasteiger partial charge in [-0.15, -0.1) is 5.10 Å². The van der Waals surface area contributed by atoms with Gasteiger partial charge in [0, 0.05) is 47.2 Å². The smallest absolute Gasteiger partial charge is 0.257 e. The number of nitrogens with zero attached hydrogens (tertiary/aromatic N) is 4. The second kappa shape index (κ2) is 9.30. The van der Waals surface area contributed by atoms with Gasteiger partial charge in [-0.05, 0) is 36.8 Å². The third-order valence-corrected chi connectivity index (χ3v) is 6.54. The van der Waals surface area contributed by atoms with E-state index in [1.165, 1.54) is 0 Å². The van der Waals surface area contributed by atoms with Gasteiger partial charge in [-0.25, -0.2) is 4.52 Å². The van der Waals surface area contributed by atoms with Crippen molar-refractivity contribution in [1.82, 2.24) is 29.7 Å². The van der Waals surface area contributed by atoms with E-state index in [-0.39, 0.29) is 17.8 Å². The van der Waals surface area contributed by atoms with Crippen molar-refractivity contribution >= 4 is 28.1 Å². The topological polar surface area (TPSA) is 106 Å². The average Bonchev–Trinajstić information content (AvgIpc) is 3.62. The molecule has 0 saturated heterocycles. The molecule has 4 aromatic heterocycles. The fourth-order valence-electron chi connectivity index (χ4n) is 4.82. The van der Waals surface area contributed by atoms with E-state index in [0.717, 1.165) is 38.9 Å². The van der Waals surface area contributed by atoms with E-state index in [1.54, 1.807) is 21.6 Å². The molecule has 2 aromatic carbocycles. The van der Waals surface area contributed by atoms with Crippen LogP contribution in [0.25, 0.3) is 27.5 Å². The molecule has 186 valence electrons. The molecular formula is C30H25N7O. The second-order valence-electron chi connectivity index (χ2n) is 9.15. The fourth-order valence-corrected chi connectivity index (χ4v) is 4.82. The number of hydrogen-bond acceptors (Lipinski definition) is 4. The molecule has 1 amide bonds. The van der Waals surface area contributed by atoms with Crippen LogP contribution in [0.15, 0.2) is 85.3 Å². The summed E-state index contributed by atoms with van der Waals surface area (Å²) in [5, 5.41) is 12.6. The summed E-state index contributed by atoms with van der Waals surface area (Å²) in [5.41, 5.74) is 12.7. The third-order valence-electron chi connectivity index (χ3n) is 6.54. The molecule has 0 radical (unpaired) electrons. The van der Waals surface area contributed by atoms with Gasteiger partial charge in [0.15, 0.2) is 5.82 Å². The lowest BCUT2D eigenvalue weighted by Crippen LogP contribution is -2.27. The minimum absolute atomic E-state index is 0.189. The number of hydrogen-bond donors (Lipinski definition) is 3. The second-order valence-corrected chi connectivity index (χ2v) is 9.15. The molecule has 4 heterocycles. The summed E-state index contributed by atoms with van der Waals surface area (Å²) < 4.78 is 3.34. The van der Waals surface area contributed by atoms with Crippen molar-refractivity contribution in [3.63, 3.8) is 0 Å². The number of aryl methyl sites for hydroxylation is 1. The number of nitrogen functional groups attached to an aromatic ring is 1. The van der Waals surface area contributed by atoms with Gasteiger partial charge < -0.3 is 16.0 Å². The lowest BCUT2D eigenvalue weighted by atomic mass is 9.96.